The van der Waals surface area contributed by atoms with Crippen LogP contribution in [0.3, 0.4) is 0 Å². The number of hydrogen-bond acceptors (Lipinski definition) is 2. The molecule has 0 fully saturated rings. The molecule has 0 saturated heterocycles. The van der Waals surface area contributed by atoms with Gasteiger partial charge in [-0.1, -0.05) is 42.5 Å². The monoisotopic (exact) mass is 281 g/mol. The van der Waals surface area contributed by atoms with Crippen molar-refractivity contribution in [2.45, 2.75) is 12.5 Å². The summed E-state index contributed by atoms with van der Waals surface area (Å²) in [7, 11) is 0. The molecule has 0 aliphatic heterocycles. The first-order valence-corrected chi connectivity index (χ1v) is 6.96. The van der Waals surface area contributed by atoms with Crippen LogP contribution in [0.25, 0.3) is 0 Å². The lowest BCUT2D eigenvalue weighted by Crippen LogP contribution is -2.34. The number of ether oxygens (including phenoxy) is 1. The predicted octanol–water partition coefficient (Wildman–Crippen LogP) is 3.44. The lowest BCUT2D eigenvalue weighted by Gasteiger charge is -2.15. The highest BCUT2D eigenvalue weighted by molar-refractivity contribution is 5.94. The minimum Gasteiger partial charge on any atom is -0.494 e. The largest absolute Gasteiger partial charge is 0.494 e. The zero-order valence-corrected chi connectivity index (χ0v) is 11.9. The minimum atomic E-state index is -0.110. The maximum absolute atomic E-state index is 12.0. The van der Waals surface area contributed by atoms with Gasteiger partial charge < -0.3 is 10.1 Å². The normalized spacial score (nSPS) is 11.4. The molecule has 1 N–H and O–H groups in total. The Balaban J connectivity index is 1.81. The summed E-state index contributed by atoms with van der Waals surface area (Å²) in [6.07, 6.45) is 2.41. The molecule has 0 spiro atoms. The Morgan fingerprint density at radius 2 is 1.71 bits per heavy atom. The lowest BCUT2D eigenvalue weighted by molar-refractivity contribution is 0.0940. The van der Waals surface area contributed by atoms with Gasteiger partial charge in [-0.25, -0.2) is 0 Å². The average molecular weight is 281 g/mol. The van der Waals surface area contributed by atoms with E-state index < -0.39 is 0 Å². The second kappa shape index (κ2) is 7.90. The maximum Gasteiger partial charge on any atom is 0.251 e. The summed E-state index contributed by atoms with van der Waals surface area (Å²) in [6.45, 7) is 4.29. The fraction of sp³-hybridized carbons (Fsp3) is 0.167. The fourth-order valence-corrected chi connectivity index (χ4v) is 1.91. The van der Waals surface area contributed by atoms with Gasteiger partial charge in [0.2, 0.25) is 0 Å². The third-order valence-electron chi connectivity index (χ3n) is 3.08. The fourth-order valence-electron chi connectivity index (χ4n) is 1.91. The van der Waals surface area contributed by atoms with E-state index in [1.54, 1.807) is 18.2 Å². The average Bonchev–Trinajstić information content (AvgIpc) is 2.55. The van der Waals surface area contributed by atoms with Crippen LogP contribution in [0.15, 0.2) is 73.3 Å². The van der Waals surface area contributed by atoms with Crippen LogP contribution in [0.1, 0.15) is 16.8 Å². The van der Waals surface area contributed by atoms with Gasteiger partial charge in [0, 0.05) is 12.0 Å². The molecule has 3 nitrogen and oxygen atoms in total. The quantitative estimate of drug-likeness (QED) is 0.789. The van der Waals surface area contributed by atoms with E-state index in [1.165, 1.54) is 0 Å². The lowest BCUT2D eigenvalue weighted by atomic mass is 10.1. The Labute approximate surface area is 125 Å². The summed E-state index contributed by atoms with van der Waals surface area (Å²) in [4.78, 5) is 12.0. The van der Waals surface area contributed by atoms with Crippen molar-refractivity contribution >= 4 is 5.91 Å². The number of nitrogens with one attached hydrogen (secondary N) is 1. The summed E-state index contributed by atoms with van der Waals surface area (Å²) >= 11 is 0. The molecule has 2 aromatic carbocycles. The van der Waals surface area contributed by atoms with E-state index in [1.807, 2.05) is 48.5 Å². The van der Waals surface area contributed by atoms with Crippen molar-refractivity contribution < 1.29 is 9.53 Å². The Morgan fingerprint density at radius 1 is 1.10 bits per heavy atom. The van der Waals surface area contributed by atoms with E-state index in [4.69, 9.17) is 4.74 Å². The van der Waals surface area contributed by atoms with Gasteiger partial charge in [-0.15, -0.1) is 6.58 Å². The van der Waals surface area contributed by atoms with E-state index >= 15 is 0 Å². The van der Waals surface area contributed by atoms with Crippen molar-refractivity contribution in [1.82, 2.24) is 5.32 Å². The van der Waals surface area contributed by atoms with E-state index in [0.29, 0.717) is 18.6 Å². The highest BCUT2D eigenvalue weighted by atomic mass is 16.5. The van der Waals surface area contributed by atoms with Gasteiger partial charge in [0.05, 0.1) is 12.6 Å². The summed E-state index contributed by atoms with van der Waals surface area (Å²) < 4.78 is 5.63. The van der Waals surface area contributed by atoms with Crippen molar-refractivity contribution in [3.63, 3.8) is 0 Å². The van der Waals surface area contributed by atoms with Crippen LogP contribution in [0, 0.1) is 0 Å². The van der Waals surface area contributed by atoms with Gasteiger partial charge in [0.25, 0.3) is 5.91 Å². The van der Waals surface area contributed by atoms with E-state index in [-0.39, 0.29) is 11.9 Å². The van der Waals surface area contributed by atoms with Crippen LogP contribution >= 0.6 is 0 Å². The molecule has 0 aliphatic carbocycles. The first kappa shape index (κ1) is 14.9. The summed E-state index contributed by atoms with van der Waals surface area (Å²) in [5, 5.41) is 2.93. The van der Waals surface area contributed by atoms with Gasteiger partial charge in [0.15, 0.2) is 0 Å². The number of carbonyl (C=O) groups excluding carboxylic acids is 1. The number of para-hydroxylation sites is 1. The SMILES string of the molecule is C=CC(CCOc1ccccc1)NC(=O)c1ccccc1. The molecular formula is C18H19NO2. The minimum absolute atomic E-state index is 0.0970. The Kier molecular flexibility index (Phi) is 5.59. The van der Waals surface area contributed by atoms with Gasteiger partial charge in [0.1, 0.15) is 5.75 Å². The summed E-state index contributed by atoms with van der Waals surface area (Å²) in [5.74, 6) is 0.731. The van der Waals surface area contributed by atoms with Crippen molar-refractivity contribution in [1.29, 1.82) is 0 Å². The number of benzene rings is 2. The molecule has 21 heavy (non-hydrogen) atoms. The molecule has 108 valence electrons. The van der Waals surface area contributed by atoms with E-state index in [2.05, 4.69) is 11.9 Å². The topological polar surface area (TPSA) is 38.3 Å². The van der Waals surface area contributed by atoms with E-state index in [9.17, 15) is 4.79 Å². The molecule has 2 rings (SSSR count). The molecule has 0 saturated carbocycles. The highest BCUT2D eigenvalue weighted by Gasteiger charge is 2.10. The van der Waals surface area contributed by atoms with Crippen molar-refractivity contribution in [2.24, 2.45) is 0 Å². The van der Waals surface area contributed by atoms with Crippen LogP contribution in [0.2, 0.25) is 0 Å². The number of amides is 1. The first-order chi connectivity index (χ1) is 10.3. The molecule has 3 heteroatoms. The molecule has 2 aromatic rings. The van der Waals surface area contributed by atoms with Crippen LogP contribution in [-0.2, 0) is 0 Å². The van der Waals surface area contributed by atoms with Gasteiger partial charge in [-0.05, 0) is 24.3 Å². The van der Waals surface area contributed by atoms with Crippen molar-refractivity contribution in [3.05, 3.63) is 78.9 Å². The molecule has 0 radical (unpaired) electrons. The van der Waals surface area contributed by atoms with Crippen LogP contribution in [-0.4, -0.2) is 18.6 Å². The Hall–Kier alpha value is -2.55. The molecule has 0 bridgehead atoms. The van der Waals surface area contributed by atoms with Gasteiger partial charge in [-0.2, -0.15) is 0 Å². The number of carbonyl (C=O) groups is 1. The Morgan fingerprint density at radius 3 is 2.33 bits per heavy atom. The van der Waals surface area contributed by atoms with Crippen LogP contribution in [0.4, 0.5) is 0 Å². The Bertz CT molecular complexity index is 566. The standard InChI is InChI=1S/C18H19NO2/c1-2-16(13-14-21-17-11-7-4-8-12-17)19-18(20)15-9-5-3-6-10-15/h2-12,16H,1,13-14H2,(H,19,20). The third kappa shape index (κ3) is 4.80. The molecule has 1 atom stereocenters. The van der Waals surface area contributed by atoms with Crippen molar-refractivity contribution in [2.75, 3.05) is 6.61 Å². The first-order valence-electron chi connectivity index (χ1n) is 6.96. The summed E-state index contributed by atoms with van der Waals surface area (Å²) in [6, 6.07) is 18.7. The molecule has 0 aliphatic rings. The maximum atomic E-state index is 12.0. The molecular weight excluding hydrogens is 262 g/mol. The van der Waals surface area contributed by atoms with Gasteiger partial charge >= 0.3 is 0 Å². The predicted molar refractivity (Wildman–Crippen MR) is 84.4 cm³/mol. The molecule has 0 aromatic heterocycles. The smallest absolute Gasteiger partial charge is 0.251 e. The highest BCUT2D eigenvalue weighted by Crippen LogP contribution is 2.09. The van der Waals surface area contributed by atoms with Gasteiger partial charge in [-0.3, -0.25) is 4.79 Å². The second-order valence-corrected chi connectivity index (χ2v) is 4.63. The molecule has 1 unspecified atom stereocenters. The zero-order valence-electron chi connectivity index (χ0n) is 11.9. The number of hydrogen-bond donors (Lipinski definition) is 1. The van der Waals surface area contributed by atoms with Crippen molar-refractivity contribution in [3.8, 4) is 5.75 Å². The number of rotatable bonds is 7. The second-order valence-electron chi connectivity index (χ2n) is 4.63. The summed E-state index contributed by atoms with van der Waals surface area (Å²) in [5.41, 5.74) is 0.647. The molecule has 1 amide bonds. The zero-order chi connectivity index (χ0) is 14.9. The molecule has 0 heterocycles. The van der Waals surface area contributed by atoms with Crippen LogP contribution in [0.5, 0.6) is 5.75 Å². The van der Waals surface area contributed by atoms with E-state index in [0.717, 1.165) is 5.75 Å². The van der Waals surface area contributed by atoms with Crippen LogP contribution < -0.4 is 10.1 Å². The third-order valence-corrected chi connectivity index (χ3v) is 3.08.